The van der Waals surface area contributed by atoms with Crippen LogP contribution in [0.2, 0.25) is 0 Å². The van der Waals surface area contributed by atoms with Crippen molar-refractivity contribution < 1.29 is 40.6 Å². The minimum atomic E-state index is -5.03. The van der Waals surface area contributed by atoms with E-state index in [1.165, 1.54) is 6.92 Å². The Hall–Kier alpha value is -1.25. The summed E-state index contributed by atoms with van der Waals surface area (Å²) in [6.07, 6.45) is -6.01. The Labute approximate surface area is 162 Å². The molecular weight excluding hydrogens is 378 g/mol. The molecule has 2 unspecified atom stereocenters. The number of hydrogen-bond acceptors (Lipinski definition) is 3. The number of ether oxygens (including phenoxy) is 2. The predicted octanol–water partition coefficient (Wildman–Crippen LogP) is 6.91. The highest BCUT2D eigenvalue weighted by atomic mass is 19.4. The third-order valence-corrected chi connectivity index (χ3v) is 1.96. The van der Waals surface area contributed by atoms with Crippen molar-refractivity contribution >= 4 is 5.97 Å². The van der Waals surface area contributed by atoms with Crippen molar-refractivity contribution in [2.75, 3.05) is 26.6 Å². The normalized spacial score (nSPS) is 10.9. The molecule has 27 heavy (non-hydrogen) atoms. The van der Waals surface area contributed by atoms with Gasteiger partial charge in [0.25, 0.3) is 0 Å². The second-order valence-electron chi connectivity index (χ2n) is 3.89. The molecule has 3 nitrogen and oxygen atoms in total. The second-order valence-corrected chi connectivity index (χ2v) is 3.89. The monoisotopic (exact) mass is 418 g/mol. The number of rotatable bonds is 7. The fourth-order valence-corrected chi connectivity index (χ4v) is 0.656. The summed E-state index contributed by atoms with van der Waals surface area (Å²) in [6, 6.07) is 0. The summed E-state index contributed by atoms with van der Waals surface area (Å²) in [4.78, 5) is 10.5. The first-order valence-corrected chi connectivity index (χ1v) is 6.83. The molecule has 0 rings (SSSR count). The fourth-order valence-electron chi connectivity index (χ4n) is 0.656. The van der Waals surface area contributed by atoms with E-state index in [-0.39, 0.29) is 42.5 Å². The highest BCUT2D eigenvalue weighted by molar-refractivity contribution is 5.81. The number of carbonyl (C=O) groups is 1. The number of carbonyl (C=O) groups excluding carboxylic acids is 1. The number of alkyl halides is 6. The lowest BCUT2D eigenvalue weighted by molar-refractivity contribution is -0.183. The SMILES string of the molecule is C.C.C.C.C=CC(=O)OCCOC(C)CC.CCF.FCC(F)C(F)(F)F. The van der Waals surface area contributed by atoms with Gasteiger partial charge in [0.1, 0.15) is 13.3 Å². The van der Waals surface area contributed by atoms with Crippen LogP contribution in [-0.2, 0) is 14.3 Å². The lowest BCUT2D eigenvalue weighted by Gasteiger charge is -2.09. The van der Waals surface area contributed by atoms with Gasteiger partial charge in [0.05, 0.1) is 19.4 Å². The van der Waals surface area contributed by atoms with E-state index >= 15 is 0 Å². The Bertz CT molecular complexity index is 287. The van der Waals surface area contributed by atoms with Crippen LogP contribution >= 0.6 is 0 Å². The van der Waals surface area contributed by atoms with Crippen LogP contribution < -0.4 is 0 Å². The van der Waals surface area contributed by atoms with E-state index < -0.39 is 25.0 Å². The maximum Gasteiger partial charge on any atom is 0.422 e. The van der Waals surface area contributed by atoms with E-state index in [1.807, 2.05) is 13.8 Å². The van der Waals surface area contributed by atoms with Crippen molar-refractivity contribution in [3.05, 3.63) is 12.7 Å². The number of halogens is 6. The second kappa shape index (κ2) is 29.5. The van der Waals surface area contributed by atoms with Crippen molar-refractivity contribution in [3.63, 3.8) is 0 Å². The Balaban J connectivity index is -0.0000000474. The fraction of sp³-hybridized carbons (Fsp3) is 0.833. The average Bonchev–Trinajstić information content (AvgIpc) is 2.50. The van der Waals surface area contributed by atoms with E-state index in [2.05, 4.69) is 6.58 Å². The zero-order valence-electron chi connectivity index (χ0n) is 13.5. The van der Waals surface area contributed by atoms with Crippen LogP contribution in [0.3, 0.4) is 0 Å². The molecule has 172 valence electrons. The van der Waals surface area contributed by atoms with Crippen LogP contribution in [0.15, 0.2) is 12.7 Å². The Morgan fingerprint density at radius 2 is 1.48 bits per heavy atom. The summed E-state index contributed by atoms with van der Waals surface area (Å²) in [5, 5.41) is 0. The van der Waals surface area contributed by atoms with Gasteiger partial charge in [-0.2, -0.15) is 13.2 Å². The van der Waals surface area contributed by atoms with Crippen molar-refractivity contribution in [3.8, 4) is 0 Å². The quantitative estimate of drug-likeness (QED) is 0.195. The van der Waals surface area contributed by atoms with E-state index in [0.29, 0.717) is 13.2 Å². The van der Waals surface area contributed by atoms with Crippen LogP contribution in [0.5, 0.6) is 0 Å². The Morgan fingerprint density at radius 3 is 1.70 bits per heavy atom. The van der Waals surface area contributed by atoms with Gasteiger partial charge in [-0.25, -0.2) is 13.6 Å². The van der Waals surface area contributed by atoms with Gasteiger partial charge in [0.2, 0.25) is 6.17 Å². The van der Waals surface area contributed by atoms with Gasteiger partial charge in [0, 0.05) is 6.08 Å². The Morgan fingerprint density at radius 1 is 1.07 bits per heavy atom. The molecule has 0 bridgehead atoms. The zero-order valence-corrected chi connectivity index (χ0v) is 13.5. The highest BCUT2D eigenvalue weighted by Crippen LogP contribution is 2.22. The van der Waals surface area contributed by atoms with Gasteiger partial charge in [-0.15, -0.1) is 0 Å². The van der Waals surface area contributed by atoms with Gasteiger partial charge >= 0.3 is 12.1 Å². The molecule has 0 aliphatic heterocycles. The first-order valence-electron chi connectivity index (χ1n) is 6.83. The van der Waals surface area contributed by atoms with Crippen molar-refractivity contribution in [2.24, 2.45) is 0 Å². The summed E-state index contributed by atoms with van der Waals surface area (Å²) in [7, 11) is 0. The molecule has 0 aliphatic rings. The number of hydrogen-bond donors (Lipinski definition) is 0. The molecule has 0 radical (unpaired) electrons. The Kier molecular flexibility index (Phi) is 49.0. The number of esters is 1. The smallest absolute Gasteiger partial charge is 0.422 e. The van der Waals surface area contributed by atoms with E-state index in [9.17, 15) is 31.1 Å². The molecule has 0 saturated heterocycles. The molecule has 0 spiro atoms. The maximum atomic E-state index is 11.1. The molecule has 0 aliphatic carbocycles. The molecular formula is C18H40F6O3. The van der Waals surface area contributed by atoms with Gasteiger partial charge in [-0.05, 0) is 20.3 Å². The molecule has 0 aromatic rings. The van der Waals surface area contributed by atoms with Gasteiger partial charge in [-0.3, -0.25) is 4.39 Å². The summed E-state index contributed by atoms with van der Waals surface area (Å²) in [5.74, 6) is -0.400. The summed E-state index contributed by atoms with van der Waals surface area (Å²) in [6.45, 7) is 7.26. The third-order valence-electron chi connectivity index (χ3n) is 1.96. The first-order chi connectivity index (χ1) is 10.6. The molecule has 0 aromatic heterocycles. The largest absolute Gasteiger partial charge is 0.460 e. The van der Waals surface area contributed by atoms with Gasteiger partial charge in [-0.1, -0.05) is 43.2 Å². The molecule has 9 heteroatoms. The minimum Gasteiger partial charge on any atom is -0.460 e. The molecule has 0 amide bonds. The van der Waals surface area contributed by atoms with Crippen LogP contribution in [-0.4, -0.2) is 51.0 Å². The van der Waals surface area contributed by atoms with Crippen molar-refractivity contribution in [2.45, 2.75) is 75.4 Å². The summed E-state index contributed by atoms with van der Waals surface area (Å²) < 4.78 is 74.7. The highest BCUT2D eigenvalue weighted by Gasteiger charge is 2.39. The predicted molar refractivity (Wildman–Crippen MR) is 102 cm³/mol. The molecule has 0 aromatic carbocycles. The standard InChI is InChI=1S/C9H16O3.C3H3F5.C2H5F.4CH4/c1-4-8(3)11-6-7-12-9(10)5-2;4-1-2(5)3(6,7)8;1-2-3;;;;/h5,8H,2,4,6-7H2,1,3H3;2H,1H2;2H2,1H3;4*1H4. The first kappa shape index (κ1) is 44.9. The zero-order chi connectivity index (χ0) is 18.9. The lowest BCUT2D eigenvalue weighted by atomic mass is 10.3. The maximum absolute atomic E-state index is 11.1. The van der Waals surface area contributed by atoms with Gasteiger partial charge in [0.15, 0.2) is 0 Å². The van der Waals surface area contributed by atoms with Crippen LogP contribution in [0, 0.1) is 0 Å². The summed E-state index contributed by atoms with van der Waals surface area (Å²) >= 11 is 0. The minimum absolute atomic E-state index is 0. The topological polar surface area (TPSA) is 35.5 Å². The third kappa shape index (κ3) is 40.7. The lowest BCUT2D eigenvalue weighted by Crippen LogP contribution is -2.25. The molecule has 0 N–H and O–H groups in total. The van der Waals surface area contributed by atoms with Crippen LogP contribution in [0.1, 0.15) is 56.9 Å². The van der Waals surface area contributed by atoms with Crippen molar-refractivity contribution in [1.29, 1.82) is 0 Å². The molecule has 0 saturated carbocycles. The van der Waals surface area contributed by atoms with Gasteiger partial charge < -0.3 is 9.47 Å². The average molecular weight is 419 g/mol. The van der Waals surface area contributed by atoms with E-state index in [1.54, 1.807) is 0 Å². The van der Waals surface area contributed by atoms with Crippen LogP contribution in [0.4, 0.5) is 26.3 Å². The van der Waals surface area contributed by atoms with Crippen LogP contribution in [0.25, 0.3) is 0 Å². The van der Waals surface area contributed by atoms with E-state index in [0.717, 1.165) is 12.5 Å². The molecule has 0 heterocycles. The molecule has 2 atom stereocenters. The van der Waals surface area contributed by atoms with E-state index in [4.69, 9.17) is 9.47 Å². The molecule has 0 fully saturated rings. The summed E-state index contributed by atoms with van der Waals surface area (Å²) in [5.41, 5.74) is 0. The van der Waals surface area contributed by atoms with Crippen molar-refractivity contribution in [1.82, 2.24) is 0 Å².